The summed E-state index contributed by atoms with van der Waals surface area (Å²) in [5.74, 6) is 0. The molecule has 1 aliphatic rings. The number of ether oxygens (including phenoxy) is 1. The molecular weight excluding hydrogens is 172 g/mol. The molecule has 0 aliphatic carbocycles. The fourth-order valence-corrected chi connectivity index (χ4v) is 2.79. The predicted octanol–water partition coefficient (Wildman–Crippen LogP) is 4.30. The molecule has 0 aromatic carbocycles. The third-order valence-corrected chi connectivity index (χ3v) is 4.28. The van der Waals surface area contributed by atoms with Crippen molar-refractivity contribution in [2.24, 2.45) is 0 Å². The summed E-state index contributed by atoms with van der Waals surface area (Å²) in [4.78, 5) is 0. The third-order valence-electron chi connectivity index (χ3n) is 4.28. The average molecular weight is 198 g/mol. The first-order valence-corrected chi connectivity index (χ1v) is 6.36. The van der Waals surface area contributed by atoms with Gasteiger partial charge in [-0.2, -0.15) is 0 Å². The van der Waals surface area contributed by atoms with Crippen LogP contribution in [-0.2, 0) is 4.74 Å². The molecule has 0 unspecified atom stereocenters. The van der Waals surface area contributed by atoms with E-state index in [-0.39, 0.29) is 11.2 Å². The highest BCUT2D eigenvalue weighted by Crippen LogP contribution is 2.42. The molecule has 0 atom stereocenters. The van der Waals surface area contributed by atoms with Crippen molar-refractivity contribution in [2.75, 3.05) is 0 Å². The minimum Gasteiger partial charge on any atom is -0.369 e. The van der Waals surface area contributed by atoms with Gasteiger partial charge >= 0.3 is 0 Å². The number of hydrogen-bond donors (Lipinski definition) is 0. The number of rotatable bonds is 4. The van der Waals surface area contributed by atoms with Gasteiger partial charge < -0.3 is 4.74 Å². The van der Waals surface area contributed by atoms with Crippen LogP contribution < -0.4 is 0 Å². The van der Waals surface area contributed by atoms with Gasteiger partial charge in [0.1, 0.15) is 0 Å². The van der Waals surface area contributed by atoms with Crippen LogP contribution in [0, 0.1) is 0 Å². The van der Waals surface area contributed by atoms with Crippen LogP contribution in [0.3, 0.4) is 0 Å². The molecule has 0 saturated carbocycles. The summed E-state index contributed by atoms with van der Waals surface area (Å²) in [5, 5.41) is 0. The lowest BCUT2D eigenvalue weighted by atomic mass is 9.80. The first-order chi connectivity index (χ1) is 6.66. The highest BCUT2D eigenvalue weighted by Gasteiger charge is 2.41. The molecule has 1 fully saturated rings. The SMILES string of the molecule is CCC1(CC)CCCC(CC)(CC)O1. The second-order valence-corrected chi connectivity index (χ2v) is 4.74. The van der Waals surface area contributed by atoms with Crippen molar-refractivity contribution in [3.05, 3.63) is 0 Å². The lowest BCUT2D eigenvalue weighted by Gasteiger charge is -2.48. The van der Waals surface area contributed by atoms with Crippen molar-refractivity contribution >= 4 is 0 Å². The normalized spacial score (nSPS) is 24.9. The largest absolute Gasteiger partial charge is 0.369 e. The van der Waals surface area contributed by atoms with Gasteiger partial charge in [-0.05, 0) is 44.9 Å². The van der Waals surface area contributed by atoms with E-state index in [0.29, 0.717) is 0 Å². The zero-order valence-corrected chi connectivity index (χ0v) is 10.4. The van der Waals surface area contributed by atoms with Crippen molar-refractivity contribution in [1.82, 2.24) is 0 Å². The van der Waals surface area contributed by atoms with Crippen LogP contribution in [0.15, 0.2) is 0 Å². The van der Waals surface area contributed by atoms with Crippen molar-refractivity contribution < 1.29 is 4.74 Å². The fourth-order valence-electron chi connectivity index (χ4n) is 2.79. The monoisotopic (exact) mass is 198 g/mol. The maximum Gasteiger partial charge on any atom is 0.0684 e. The van der Waals surface area contributed by atoms with Gasteiger partial charge in [0.05, 0.1) is 11.2 Å². The summed E-state index contributed by atoms with van der Waals surface area (Å²) in [5.41, 5.74) is 0.397. The first kappa shape index (κ1) is 12.0. The second-order valence-electron chi connectivity index (χ2n) is 4.74. The minimum absolute atomic E-state index is 0.199. The molecule has 0 bridgehead atoms. The van der Waals surface area contributed by atoms with Gasteiger partial charge in [-0.1, -0.05) is 27.7 Å². The Kier molecular flexibility index (Phi) is 4.00. The predicted molar refractivity (Wildman–Crippen MR) is 61.6 cm³/mol. The summed E-state index contributed by atoms with van der Waals surface area (Å²) in [6.07, 6.45) is 8.57. The molecule has 0 N–H and O–H groups in total. The van der Waals surface area contributed by atoms with Gasteiger partial charge in [-0.3, -0.25) is 0 Å². The van der Waals surface area contributed by atoms with Crippen molar-refractivity contribution in [2.45, 2.75) is 83.8 Å². The van der Waals surface area contributed by atoms with Crippen LogP contribution in [0.5, 0.6) is 0 Å². The molecule has 1 nitrogen and oxygen atoms in total. The molecule has 1 aliphatic heterocycles. The Hall–Kier alpha value is -0.0400. The average Bonchev–Trinajstić information content (AvgIpc) is 2.29. The van der Waals surface area contributed by atoms with Crippen LogP contribution in [0.2, 0.25) is 0 Å². The van der Waals surface area contributed by atoms with Gasteiger partial charge in [0.25, 0.3) is 0 Å². The Bertz CT molecular complexity index is 148. The maximum absolute atomic E-state index is 6.46. The molecular formula is C13H26O. The summed E-state index contributed by atoms with van der Waals surface area (Å²) in [6.45, 7) is 9.07. The van der Waals surface area contributed by atoms with Crippen LogP contribution in [0.1, 0.15) is 72.6 Å². The molecule has 0 amide bonds. The number of hydrogen-bond acceptors (Lipinski definition) is 1. The summed E-state index contributed by atoms with van der Waals surface area (Å²) >= 11 is 0. The summed E-state index contributed by atoms with van der Waals surface area (Å²) < 4.78 is 6.46. The first-order valence-electron chi connectivity index (χ1n) is 6.36. The highest BCUT2D eigenvalue weighted by molar-refractivity contribution is 4.91. The van der Waals surface area contributed by atoms with Gasteiger partial charge in [0.15, 0.2) is 0 Å². The molecule has 1 heterocycles. The standard InChI is InChI=1S/C13H26O/c1-5-12(6-2)10-9-11-13(7-3,8-4)14-12/h5-11H2,1-4H3. The molecule has 1 saturated heterocycles. The second kappa shape index (κ2) is 4.65. The van der Waals surface area contributed by atoms with E-state index in [1.165, 1.54) is 44.9 Å². The Morgan fingerprint density at radius 3 is 1.43 bits per heavy atom. The smallest absolute Gasteiger partial charge is 0.0684 e. The summed E-state index contributed by atoms with van der Waals surface area (Å²) in [7, 11) is 0. The molecule has 0 spiro atoms. The zero-order chi connectivity index (χ0) is 10.7. The molecule has 0 aromatic heterocycles. The molecule has 0 aromatic rings. The molecule has 1 rings (SSSR count). The molecule has 14 heavy (non-hydrogen) atoms. The van der Waals surface area contributed by atoms with E-state index in [2.05, 4.69) is 27.7 Å². The van der Waals surface area contributed by atoms with Crippen LogP contribution in [-0.4, -0.2) is 11.2 Å². The topological polar surface area (TPSA) is 9.23 Å². The minimum atomic E-state index is 0.199. The van der Waals surface area contributed by atoms with Gasteiger partial charge in [-0.15, -0.1) is 0 Å². The Morgan fingerprint density at radius 1 is 0.786 bits per heavy atom. The lowest BCUT2D eigenvalue weighted by Crippen LogP contribution is -2.47. The lowest BCUT2D eigenvalue weighted by molar-refractivity contribution is -0.196. The Morgan fingerprint density at radius 2 is 1.14 bits per heavy atom. The van der Waals surface area contributed by atoms with Crippen molar-refractivity contribution in [3.63, 3.8) is 0 Å². The third kappa shape index (κ3) is 2.13. The van der Waals surface area contributed by atoms with Crippen LogP contribution >= 0.6 is 0 Å². The maximum atomic E-state index is 6.46. The Balaban J connectivity index is 2.75. The van der Waals surface area contributed by atoms with Crippen molar-refractivity contribution in [3.8, 4) is 0 Å². The van der Waals surface area contributed by atoms with Crippen LogP contribution in [0.4, 0.5) is 0 Å². The van der Waals surface area contributed by atoms with Crippen LogP contribution in [0.25, 0.3) is 0 Å². The highest BCUT2D eigenvalue weighted by atomic mass is 16.5. The van der Waals surface area contributed by atoms with Gasteiger partial charge in [0.2, 0.25) is 0 Å². The van der Waals surface area contributed by atoms with E-state index in [9.17, 15) is 0 Å². The fraction of sp³-hybridized carbons (Fsp3) is 1.00. The van der Waals surface area contributed by atoms with E-state index in [1.54, 1.807) is 0 Å². The van der Waals surface area contributed by atoms with E-state index in [1.807, 2.05) is 0 Å². The molecule has 84 valence electrons. The van der Waals surface area contributed by atoms with E-state index in [4.69, 9.17) is 4.74 Å². The van der Waals surface area contributed by atoms with Gasteiger partial charge in [0, 0.05) is 0 Å². The van der Waals surface area contributed by atoms with E-state index < -0.39 is 0 Å². The van der Waals surface area contributed by atoms with Gasteiger partial charge in [-0.25, -0.2) is 0 Å². The molecule has 1 heteroatoms. The van der Waals surface area contributed by atoms with E-state index in [0.717, 1.165) is 0 Å². The van der Waals surface area contributed by atoms with Crippen molar-refractivity contribution in [1.29, 1.82) is 0 Å². The molecule has 0 radical (unpaired) electrons. The van der Waals surface area contributed by atoms with E-state index >= 15 is 0 Å². The zero-order valence-electron chi connectivity index (χ0n) is 10.4. The Labute approximate surface area is 89.2 Å². The summed E-state index contributed by atoms with van der Waals surface area (Å²) in [6, 6.07) is 0. The quantitative estimate of drug-likeness (QED) is 0.654.